The zero-order valence-electron chi connectivity index (χ0n) is 18.3. The van der Waals surface area contributed by atoms with E-state index in [0.717, 1.165) is 55.2 Å². The Bertz CT molecular complexity index is 878. The number of carbonyl (C=O) groups is 1. The lowest BCUT2D eigenvalue weighted by Crippen LogP contribution is -2.45. The van der Waals surface area contributed by atoms with Gasteiger partial charge in [0.2, 0.25) is 10.0 Å². The van der Waals surface area contributed by atoms with Crippen LogP contribution < -0.4 is 0 Å². The van der Waals surface area contributed by atoms with E-state index in [9.17, 15) is 13.2 Å². The van der Waals surface area contributed by atoms with Crippen molar-refractivity contribution in [3.63, 3.8) is 0 Å². The Labute approximate surface area is 181 Å². The van der Waals surface area contributed by atoms with Crippen LogP contribution in [0.25, 0.3) is 0 Å². The minimum atomic E-state index is -3.15. The van der Waals surface area contributed by atoms with Gasteiger partial charge < -0.3 is 4.90 Å². The van der Waals surface area contributed by atoms with Gasteiger partial charge in [-0.2, -0.15) is 0 Å². The number of amides is 1. The average Bonchev–Trinajstić information content (AvgIpc) is 2.78. The number of pyridine rings is 1. The Balaban J connectivity index is 1.50. The Morgan fingerprint density at radius 3 is 2.43 bits per heavy atom. The van der Waals surface area contributed by atoms with Crippen molar-refractivity contribution in [1.82, 2.24) is 14.2 Å². The molecule has 1 amide bonds. The van der Waals surface area contributed by atoms with Crippen molar-refractivity contribution in [2.45, 2.75) is 64.7 Å². The van der Waals surface area contributed by atoms with Crippen LogP contribution in [0.5, 0.6) is 0 Å². The van der Waals surface area contributed by atoms with E-state index in [-0.39, 0.29) is 17.6 Å². The second kappa shape index (κ2) is 8.95. The first-order valence-electron chi connectivity index (χ1n) is 11.6. The van der Waals surface area contributed by atoms with E-state index in [1.807, 2.05) is 19.1 Å². The van der Waals surface area contributed by atoms with Crippen molar-refractivity contribution in [2.75, 3.05) is 31.9 Å². The summed E-state index contributed by atoms with van der Waals surface area (Å²) in [5, 5.41) is 0. The molecule has 2 unspecified atom stereocenters. The number of aryl methyl sites for hydroxylation is 1. The summed E-state index contributed by atoms with van der Waals surface area (Å²) < 4.78 is 26.0. The number of likely N-dealkylation sites (tertiary alicyclic amines) is 1. The van der Waals surface area contributed by atoms with Gasteiger partial charge in [0.15, 0.2) is 0 Å². The summed E-state index contributed by atoms with van der Waals surface area (Å²) in [5.74, 6) is 1.84. The molecule has 3 aliphatic rings. The number of piperidine rings is 2. The minimum absolute atomic E-state index is 0.116. The van der Waals surface area contributed by atoms with Gasteiger partial charge in [-0.25, -0.2) is 12.7 Å². The fourth-order valence-electron chi connectivity index (χ4n) is 5.61. The third-order valence-corrected chi connectivity index (χ3v) is 9.35. The van der Waals surface area contributed by atoms with E-state index in [1.54, 1.807) is 11.2 Å². The molecular weight excluding hydrogens is 398 g/mol. The molecular formula is C23H35N3O3S. The second-order valence-corrected chi connectivity index (χ2v) is 11.6. The van der Waals surface area contributed by atoms with Gasteiger partial charge in [-0.05, 0) is 63.5 Å². The third-order valence-electron chi connectivity index (χ3n) is 7.47. The molecule has 30 heavy (non-hydrogen) atoms. The van der Waals surface area contributed by atoms with Crippen LogP contribution in [0.4, 0.5) is 0 Å². The van der Waals surface area contributed by atoms with Crippen LogP contribution in [-0.4, -0.2) is 60.4 Å². The lowest BCUT2D eigenvalue weighted by molar-refractivity contribution is 0.0518. The third kappa shape index (κ3) is 4.42. The molecule has 4 rings (SSSR count). The lowest BCUT2D eigenvalue weighted by atomic mass is 9.75. The average molecular weight is 434 g/mol. The molecule has 3 heterocycles. The fourth-order valence-corrected chi connectivity index (χ4v) is 6.75. The van der Waals surface area contributed by atoms with Crippen molar-refractivity contribution in [1.29, 1.82) is 0 Å². The number of rotatable bonds is 4. The number of hydrogen-bond acceptors (Lipinski definition) is 4. The van der Waals surface area contributed by atoms with Crippen molar-refractivity contribution >= 4 is 15.9 Å². The van der Waals surface area contributed by atoms with Crippen LogP contribution in [0.15, 0.2) is 12.1 Å². The van der Waals surface area contributed by atoms with E-state index in [2.05, 4.69) is 4.90 Å². The smallest absolute Gasteiger partial charge is 0.255 e. The Morgan fingerprint density at radius 2 is 1.73 bits per heavy atom. The van der Waals surface area contributed by atoms with Crippen LogP contribution in [0.2, 0.25) is 0 Å². The quantitative estimate of drug-likeness (QED) is 0.728. The van der Waals surface area contributed by atoms with Gasteiger partial charge >= 0.3 is 0 Å². The van der Waals surface area contributed by atoms with Crippen LogP contribution in [0.3, 0.4) is 0 Å². The maximum absolute atomic E-state index is 13.5. The molecule has 1 aliphatic carbocycles. The van der Waals surface area contributed by atoms with Gasteiger partial charge in [0.1, 0.15) is 0 Å². The van der Waals surface area contributed by atoms with Gasteiger partial charge in [-0.1, -0.05) is 19.3 Å². The molecule has 1 aromatic heterocycles. The van der Waals surface area contributed by atoms with E-state index < -0.39 is 10.0 Å². The highest BCUT2D eigenvalue weighted by molar-refractivity contribution is 7.89. The number of nitrogens with zero attached hydrogens (tertiary/aromatic N) is 3. The summed E-state index contributed by atoms with van der Waals surface area (Å²) in [4.78, 5) is 20.3. The SMILES string of the molecule is CCS(=O)(=O)N1CCC(c2nc(C)ccc2C(=O)N2CCC3CCCCC3C2)CC1. The number of aromatic nitrogens is 1. The van der Waals surface area contributed by atoms with Gasteiger partial charge in [0.25, 0.3) is 5.91 Å². The number of fused-ring (bicyclic) bond motifs is 1. The van der Waals surface area contributed by atoms with E-state index in [1.165, 1.54) is 25.7 Å². The highest BCUT2D eigenvalue weighted by atomic mass is 32.2. The largest absolute Gasteiger partial charge is 0.338 e. The number of carbonyl (C=O) groups excluding carboxylic acids is 1. The molecule has 0 aromatic carbocycles. The molecule has 1 aromatic rings. The van der Waals surface area contributed by atoms with Crippen LogP contribution in [0, 0.1) is 18.8 Å². The summed E-state index contributed by atoms with van der Waals surface area (Å²) in [6.07, 6.45) is 7.77. The first kappa shape index (κ1) is 21.8. The molecule has 0 bridgehead atoms. The molecule has 7 heteroatoms. The van der Waals surface area contributed by atoms with Gasteiger partial charge in [-0.3, -0.25) is 9.78 Å². The monoisotopic (exact) mass is 433 g/mol. The predicted molar refractivity (Wildman–Crippen MR) is 118 cm³/mol. The zero-order valence-corrected chi connectivity index (χ0v) is 19.2. The minimum Gasteiger partial charge on any atom is -0.338 e. The first-order valence-corrected chi connectivity index (χ1v) is 13.2. The molecule has 0 N–H and O–H groups in total. The molecule has 166 valence electrons. The van der Waals surface area contributed by atoms with E-state index >= 15 is 0 Å². The summed E-state index contributed by atoms with van der Waals surface area (Å²) >= 11 is 0. The molecule has 0 spiro atoms. The maximum atomic E-state index is 13.5. The Morgan fingerprint density at radius 1 is 1.03 bits per heavy atom. The summed E-state index contributed by atoms with van der Waals surface area (Å²) in [6, 6.07) is 3.88. The van der Waals surface area contributed by atoms with E-state index in [0.29, 0.717) is 19.0 Å². The number of sulfonamides is 1. The maximum Gasteiger partial charge on any atom is 0.255 e. The molecule has 2 saturated heterocycles. The summed E-state index contributed by atoms with van der Waals surface area (Å²) in [5.41, 5.74) is 2.52. The van der Waals surface area contributed by atoms with Crippen LogP contribution >= 0.6 is 0 Å². The van der Waals surface area contributed by atoms with E-state index in [4.69, 9.17) is 4.98 Å². The molecule has 2 atom stereocenters. The topological polar surface area (TPSA) is 70.6 Å². The normalized spacial score (nSPS) is 26.4. The zero-order chi connectivity index (χ0) is 21.3. The lowest BCUT2D eigenvalue weighted by Gasteiger charge is -2.41. The van der Waals surface area contributed by atoms with Crippen LogP contribution in [0.1, 0.15) is 79.5 Å². The van der Waals surface area contributed by atoms with Crippen molar-refractivity contribution in [3.8, 4) is 0 Å². The van der Waals surface area contributed by atoms with Crippen molar-refractivity contribution < 1.29 is 13.2 Å². The van der Waals surface area contributed by atoms with Crippen molar-refractivity contribution in [3.05, 3.63) is 29.1 Å². The summed E-state index contributed by atoms with van der Waals surface area (Å²) in [6.45, 7) is 6.40. The molecule has 2 aliphatic heterocycles. The predicted octanol–water partition coefficient (Wildman–Crippen LogP) is 3.57. The summed E-state index contributed by atoms with van der Waals surface area (Å²) in [7, 11) is -3.15. The Hall–Kier alpha value is -1.47. The van der Waals surface area contributed by atoms with Gasteiger partial charge in [0, 0.05) is 37.8 Å². The second-order valence-electron chi connectivity index (χ2n) is 9.30. The highest BCUT2D eigenvalue weighted by Crippen LogP contribution is 2.37. The highest BCUT2D eigenvalue weighted by Gasteiger charge is 2.35. The van der Waals surface area contributed by atoms with Crippen molar-refractivity contribution in [2.24, 2.45) is 11.8 Å². The molecule has 3 fully saturated rings. The molecule has 0 radical (unpaired) electrons. The molecule has 6 nitrogen and oxygen atoms in total. The van der Waals surface area contributed by atoms with Gasteiger partial charge in [-0.15, -0.1) is 0 Å². The van der Waals surface area contributed by atoms with Crippen LogP contribution in [-0.2, 0) is 10.0 Å². The number of hydrogen-bond donors (Lipinski definition) is 0. The van der Waals surface area contributed by atoms with Gasteiger partial charge in [0.05, 0.1) is 17.0 Å². The standard InChI is InChI=1S/C23H35N3O3S/c1-3-30(28,29)26-14-11-19(12-15-26)22-21(9-8-17(2)24-22)23(27)25-13-10-18-6-4-5-7-20(18)16-25/h8-9,18-20H,3-7,10-16H2,1-2H3. The first-order chi connectivity index (χ1) is 14.4. The fraction of sp³-hybridized carbons (Fsp3) is 0.739. The molecule has 1 saturated carbocycles. The Kier molecular flexibility index (Phi) is 6.49.